The summed E-state index contributed by atoms with van der Waals surface area (Å²) in [6, 6.07) is 0. The van der Waals surface area contributed by atoms with Crippen LogP contribution in [0.15, 0.2) is 25.0 Å². The summed E-state index contributed by atoms with van der Waals surface area (Å²) in [6.07, 6.45) is 8.54. The van der Waals surface area contributed by atoms with Gasteiger partial charge < -0.3 is 4.90 Å². The molecule has 6 nitrogen and oxygen atoms in total. The van der Waals surface area contributed by atoms with E-state index in [4.69, 9.17) is 4.18 Å². The summed E-state index contributed by atoms with van der Waals surface area (Å²) in [4.78, 5) is 11.1. The number of anilines is 1. The second-order valence-corrected chi connectivity index (χ2v) is 8.11. The molecule has 1 aromatic rings. The molecule has 2 heterocycles. The number of hydrogen-bond donors (Lipinski definition) is 0. The van der Waals surface area contributed by atoms with Crippen molar-refractivity contribution in [2.75, 3.05) is 30.9 Å². The monoisotopic (exact) mass is 337 g/mol. The Labute approximate surface area is 137 Å². The highest BCUT2D eigenvalue weighted by molar-refractivity contribution is 7.85. The molecule has 2 aliphatic rings. The smallest absolute Gasteiger partial charge is 0.264 e. The number of aryl methyl sites for hydroxylation is 1. The van der Waals surface area contributed by atoms with E-state index in [0.29, 0.717) is 11.8 Å². The summed E-state index contributed by atoms with van der Waals surface area (Å²) in [5.74, 6) is 1.69. The topological polar surface area (TPSA) is 72.4 Å². The zero-order chi connectivity index (χ0) is 16.7. The number of rotatable bonds is 7. The van der Waals surface area contributed by atoms with Crippen LogP contribution in [0.1, 0.15) is 18.9 Å². The van der Waals surface area contributed by atoms with Gasteiger partial charge in [0, 0.05) is 30.9 Å². The van der Waals surface area contributed by atoms with E-state index in [1.54, 1.807) is 0 Å². The Morgan fingerprint density at radius 2 is 2.17 bits per heavy atom. The van der Waals surface area contributed by atoms with Crippen molar-refractivity contribution in [3.63, 3.8) is 0 Å². The standard InChI is InChI=1S/C16H23N3O3S/c1-4-12-8-17-15(18-9-12)19-10-14-13(16(14,5-2)11-19)6-7-22-23(3,20)21/h5,8-9,13-14H,2,4,6-7,10-11H2,1,3H3. The highest BCUT2D eigenvalue weighted by Crippen LogP contribution is 2.65. The van der Waals surface area contributed by atoms with Gasteiger partial charge in [0.05, 0.1) is 12.9 Å². The fraction of sp³-hybridized carbons (Fsp3) is 0.625. The van der Waals surface area contributed by atoms with Crippen LogP contribution < -0.4 is 4.90 Å². The van der Waals surface area contributed by atoms with Crippen LogP contribution in [0, 0.1) is 17.3 Å². The Morgan fingerprint density at radius 1 is 1.48 bits per heavy atom. The van der Waals surface area contributed by atoms with E-state index < -0.39 is 10.1 Å². The van der Waals surface area contributed by atoms with E-state index in [1.165, 1.54) is 0 Å². The van der Waals surface area contributed by atoms with Crippen LogP contribution in [0.2, 0.25) is 0 Å². The van der Waals surface area contributed by atoms with E-state index in [2.05, 4.69) is 28.4 Å². The molecule has 0 amide bonds. The number of hydrogen-bond acceptors (Lipinski definition) is 6. The molecule has 3 unspecified atom stereocenters. The maximum absolute atomic E-state index is 11.1. The van der Waals surface area contributed by atoms with E-state index >= 15 is 0 Å². The Balaban J connectivity index is 1.60. The number of aromatic nitrogens is 2. The molecule has 0 N–H and O–H groups in total. The maximum atomic E-state index is 11.1. The van der Waals surface area contributed by atoms with Gasteiger partial charge in [-0.1, -0.05) is 13.0 Å². The molecule has 3 atom stereocenters. The molecule has 0 bridgehead atoms. The summed E-state index contributed by atoms with van der Waals surface area (Å²) < 4.78 is 27.0. The summed E-state index contributed by atoms with van der Waals surface area (Å²) in [7, 11) is -3.36. The van der Waals surface area contributed by atoms with E-state index in [-0.39, 0.29) is 12.0 Å². The molecule has 3 rings (SSSR count). The van der Waals surface area contributed by atoms with E-state index in [0.717, 1.165) is 43.7 Å². The first kappa shape index (κ1) is 16.4. The lowest BCUT2D eigenvalue weighted by Crippen LogP contribution is -2.28. The molecule has 126 valence electrons. The molecule has 0 aromatic carbocycles. The van der Waals surface area contributed by atoms with Crippen molar-refractivity contribution < 1.29 is 12.6 Å². The normalized spacial score (nSPS) is 29.4. The minimum Gasteiger partial charge on any atom is -0.340 e. The van der Waals surface area contributed by atoms with Gasteiger partial charge in [-0.2, -0.15) is 8.42 Å². The van der Waals surface area contributed by atoms with Gasteiger partial charge in [-0.25, -0.2) is 9.97 Å². The van der Waals surface area contributed by atoms with Gasteiger partial charge >= 0.3 is 0 Å². The first-order valence-corrected chi connectivity index (χ1v) is 9.75. The summed E-state index contributed by atoms with van der Waals surface area (Å²) >= 11 is 0. The van der Waals surface area contributed by atoms with Crippen molar-refractivity contribution in [2.24, 2.45) is 17.3 Å². The predicted molar refractivity (Wildman–Crippen MR) is 88.6 cm³/mol. The molecular formula is C16H23N3O3S. The van der Waals surface area contributed by atoms with Crippen molar-refractivity contribution in [1.82, 2.24) is 9.97 Å². The molecular weight excluding hydrogens is 314 g/mol. The lowest BCUT2D eigenvalue weighted by molar-refractivity contribution is 0.297. The van der Waals surface area contributed by atoms with Crippen LogP contribution in [0.4, 0.5) is 5.95 Å². The second-order valence-electron chi connectivity index (χ2n) is 6.47. The van der Waals surface area contributed by atoms with E-state index in [9.17, 15) is 8.42 Å². The van der Waals surface area contributed by atoms with Crippen molar-refractivity contribution >= 4 is 16.1 Å². The molecule has 1 aromatic heterocycles. The molecule has 1 saturated carbocycles. The van der Waals surface area contributed by atoms with Crippen LogP contribution in [0.5, 0.6) is 0 Å². The minimum atomic E-state index is -3.36. The third-order valence-electron chi connectivity index (χ3n) is 5.13. The summed E-state index contributed by atoms with van der Waals surface area (Å²) in [5.41, 5.74) is 1.18. The van der Waals surface area contributed by atoms with Crippen molar-refractivity contribution in [3.8, 4) is 0 Å². The van der Waals surface area contributed by atoms with Crippen molar-refractivity contribution in [3.05, 3.63) is 30.6 Å². The molecule has 0 radical (unpaired) electrons. The molecule has 23 heavy (non-hydrogen) atoms. The lowest BCUT2D eigenvalue weighted by Gasteiger charge is -2.22. The van der Waals surface area contributed by atoms with Crippen LogP contribution in [0.3, 0.4) is 0 Å². The summed E-state index contributed by atoms with van der Waals surface area (Å²) in [6.45, 7) is 8.06. The van der Waals surface area contributed by atoms with Crippen LogP contribution >= 0.6 is 0 Å². The van der Waals surface area contributed by atoms with Crippen LogP contribution in [0.25, 0.3) is 0 Å². The Hall–Kier alpha value is -1.47. The SMILES string of the molecule is C=CC12CN(c3ncc(CC)cn3)CC1C2CCOS(C)(=O)=O. The average Bonchev–Trinajstić information content (AvgIpc) is 2.92. The van der Waals surface area contributed by atoms with Gasteiger partial charge in [-0.3, -0.25) is 4.18 Å². The highest BCUT2D eigenvalue weighted by atomic mass is 32.2. The average molecular weight is 337 g/mol. The summed E-state index contributed by atoms with van der Waals surface area (Å²) in [5, 5.41) is 0. The Bertz CT molecular complexity index is 689. The van der Waals surface area contributed by atoms with Crippen LogP contribution in [-0.4, -0.2) is 44.3 Å². The molecule has 0 spiro atoms. The van der Waals surface area contributed by atoms with Gasteiger partial charge in [-0.15, -0.1) is 6.58 Å². The first-order valence-electron chi connectivity index (χ1n) is 7.93. The highest BCUT2D eigenvalue weighted by Gasteiger charge is 2.66. The van der Waals surface area contributed by atoms with Gasteiger partial charge in [0.15, 0.2) is 0 Å². The maximum Gasteiger partial charge on any atom is 0.264 e. The predicted octanol–water partition coefficient (Wildman–Crippen LogP) is 1.64. The lowest BCUT2D eigenvalue weighted by atomic mass is 10.0. The van der Waals surface area contributed by atoms with Crippen LogP contribution in [-0.2, 0) is 20.7 Å². The molecule has 7 heteroatoms. The molecule has 1 aliphatic carbocycles. The van der Waals surface area contributed by atoms with Crippen molar-refractivity contribution in [1.29, 1.82) is 0 Å². The zero-order valence-corrected chi connectivity index (χ0v) is 14.4. The Morgan fingerprint density at radius 3 is 2.70 bits per heavy atom. The van der Waals surface area contributed by atoms with Gasteiger partial charge in [-0.05, 0) is 30.2 Å². The number of piperidine rings is 1. The fourth-order valence-corrected chi connectivity index (χ4v) is 4.20. The van der Waals surface area contributed by atoms with Gasteiger partial charge in [0.25, 0.3) is 10.1 Å². The third-order valence-corrected chi connectivity index (χ3v) is 5.72. The quantitative estimate of drug-likeness (QED) is 0.556. The fourth-order valence-electron chi connectivity index (χ4n) is 3.80. The van der Waals surface area contributed by atoms with Gasteiger partial charge in [0.2, 0.25) is 5.95 Å². The van der Waals surface area contributed by atoms with Crippen molar-refractivity contribution in [2.45, 2.75) is 19.8 Å². The second kappa shape index (κ2) is 5.87. The zero-order valence-electron chi connectivity index (χ0n) is 13.6. The first-order chi connectivity index (χ1) is 10.9. The molecule has 2 fully saturated rings. The van der Waals surface area contributed by atoms with E-state index in [1.807, 2.05) is 18.5 Å². The Kier molecular flexibility index (Phi) is 4.18. The third kappa shape index (κ3) is 3.12. The molecule has 1 aliphatic heterocycles. The minimum absolute atomic E-state index is 0.0493. The number of nitrogens with zero attached hydrogens (tertiary/aromatic N) is 3. The van der Waals surface area contributed by atoms with Gasteiger partial charge in [0.1, 0.15) is 0 Å². The number of fused-ring (bicyclic) bond motifs is 1. The molecule has 1 saturated heterocycles. The largest absolute Gasteiger partial charge is 0.340 e.